The maximum Gasteiger partial charge on any atom is 0.294 e. The van der Waals surface area contributed by atoms with E-state index in [4.69, 9.17) is 5.11 Å². The van der Waals surface area contributed by atoms with E-state index in [-0.39, 0.29) is 18.0 Å². The van der Waals surface area contributed by atoms with E-state index in [0.29, 0.717) is 33.5 Å². The van der Waals surface area contributed by atoms with Gasteiger partial charge in [-0.15, -0.1) is 10.2 Å². The number of aliphatic hydroxyl groups excluding tert-OH is 2. The molecule has 1 atom stereocenters. The minimum absolute atomic E-state index is 0.202. The lowest BCUT2D eigenvalue weighted by Gasteiger charge is -2.10. The number of aliphatic hydroxyl groups is 2. The molecule has 0 bridgehead atoms. The average Bonchev–Trinajstić information content (AvgIpc) is 2.90. The highest BCUT2D eigenvalue weighted by molar-refractivity contribution is 7.85. The lowest BCUT2D eigenvalue weighted by molar-refractivity contribution is 0.105. The van der Waals surface area contributed by atoms with Crippen molar-refractivity contribution in [2.75, 3.05) is 18.5 Å². The minimum atomic E-state index is -4.43. The molecule has 0 saturated heterocycles. The molecule has 0 spiro atoms. The smallest absolute Gasteiger partial charge is 0.294 e. The Balaban J connectivity index is 1.66. The number of anilines is 1. The summed E-state index contributed by atoms with van der Waals surface area (Å²) in [5, 5.41) is 39.4. The quantitative estimate of drug-likeness (QED) is 0.169. The van der Waals surface area contributed by atoms with Gasteiger partial charge in [-0.25, -0.2) is 0 Å². The molecule has 0 amide bonds. The van der Waals surface area contributed by atoms with Crippen LogP contribution in [0.25, 0.3) is 10.8 Å². The second kappa shape index (κ2) is 11.1. The molecule has 0 fully saturated rings. The van der Waals surface area contributed by atoms with Gasteiger partial charge in [0.25, 0.3) is 10.1 Å². The maximum absolute atomic E-state index is 11.7. The van der Waals surface area contributed by atoms with Crippen LogP contribution in [-0.4, -0.2) is 42.4 Å². The summed E-state index contributed by atoms with van der Waals surface area (Å²) in [7, 11) is -4.43. The molecule has 0 aromatic heterocycles. The van der Waals surface area contributed by atoms with Gasteiger partial charge < -0.3 is 15.5 Å². The van der Waals surface area contributed by atoms with Crippen molar-refractivity contribution in [1.29, 1.82) is 0 Å². The summed E-state index contributed by atoms with van der Waals surface area (Å²) in [6, 6.07) is 23.6. The monoisotopic (exact) mass is 505 g/mol. The van der Waals surface area contributed by atoms with Crippen LogP contribution in [0.4, 0.5) is 28.4 Å². The van der Waals surface area contributed by atoms with Crippen LogP contribution in [0.15, 0.2) is 110 Å². The third-order valence-electron chi connectivity index (χ3n) is 5.16. The van der Waals surface area contributed by atoms with Crippen LogP contribution in [0, 0.1) is 0 Å². The molecule has 0 heterocycles. The van der Waals surface area contributed by atoms with E-state index in [2.05, 4.69) is 25.8 Å². The molecule has 36 heavy (non-hydrogen) atoms. The molecule has 0 saturated carbocycles. The van der Waals surface area contributed by atoms with Gasteiger partial charge in [0.15, 0.2) is 0 Å². The first kappa shape index (κ1) is 25.1. The molecule has 0 radical (unpaired) electrons. The van der Waals surface area contributed by atoms with E-state index in [1.165, 1.54) is 18.2 Å². The molecule has 0 aliphatic carbocycles. The SMILES string of the molecule is O=S(=O)(O)c1ccc2c(N=Nc3ccccc3)ccc(N=Nc3ccc(NCC(O)CO)cc3)c2c1. The fraction of sp³-hybridized carbons (Fsp3) is 0.120. The van der Waals surface area contributed by atoms with Gasteiger partial charge in [-0.3, -0.25) is 4.55 Å². The van der Waals surface area contributed by atoms with Gasteiger partial charge in [-0.1, -0.05) is 24.3 Å². The van der Waals surface area contributed by atoms with Gasteiger partial charge in [0.1, 0.15) is 0 Å². The Morgan fingerprint density at radius 1 is 0.750 bits per heavy atom. The predicted octanol–water partition coefficient (Wildman–Crippen LogP) is 5.68. The Hall–Kier alpha value is -4.03. The molecule has 184 valence electrons. The third-order valence-corrected chi connectivity index (χ3v) is 6.01. The average molecular weight is 506 g/mol. The first-order chi connectivity index (χ1) is 17.3. The van der Waals surface area contributed by atoms with Gasteiger partial charge in [-0.2, -0.15) is 18.6 Å². The molecule has 10 nitrogen and oxygen atoms in total. The van der Waals surface area contributed by atoms with Crippen molar-refractivity contribution in [3.05, 3.63) is 84.9 Å². The Morgan fingerprint density at radius 3 is 1.97 bits per heavy atom. The fourth-order valence-corrected chi connectivity index (χ4v) is 3.80. The summed E-state index contributed by atoms with van der Waals surface area (Å²) in [6.07, 6.45) is -0.861. The predicted molar refractivity (Wildman–Crippen MR) is 137 cm³/mol. The van der Waals surface area contributed by atoms with Gasteiger partial charge in [-0.05, 0) is 60.7 Å². The number of benzene rings is 4. The van der Waals surface area contributed by atoms with E-state index in [0.717, 1.165) is 5.69 Å². The van der Waals surface area contributed by atoms with Gasteiger partial charge in [0.2, 0.25) is 0 Å². The normalized spacial score (nSPS) is 13.0. The second-order valence-electron chi connectivity index (χ2n) is 7.79. The zero-order valence-electron chi connectivity index (χ0n) is 18.9. The molecule has 4 aromatic carbocycles. The topological polar surface area (TPSA) is 156 Å². The van der Waals surface area contributed by atoms with Crippen molar-refractivity contribution in [3.8, 4) is 0 Å². The molecule has 4 aromatic rings. The van der Waals surface area contributed by atoms with Gasteiger partial charge in [0, 0.05) is 23.0 Å². The number of fused-ring (bicyclic) bond motifs is 1. The first-order valence-electron chi connectivity index (χ1n) is 10.9. The van der Waals surface area contributed by atoms with E-state index in [1.54, 1.807) is 48.5 Å². The number of rotatable bonds is 9. The van der Waals surface area contributed by atoms with E-state index in [9.17, 15) is 18.1 Å². The summed E-state index contributed by atoms with van der Waals surface area (Å²) in [6.45, 7) is -0.133. The lowest BCUT2D eigenvalue weighted by Crippen LogP contribution is -2.22. The van der Waals surface area contributed by atoms with Crippen LogP contribution < -0.4 is 5.32 Å². The molecular weight excluding hydrogens is 482 g/mol. The number of nitrogens with zero attached hydrogens (tertiary/aromatic N) is 4. The van der Waals surface area contributed by atoms with Gasteiger partial charge in [0.05, 0.1) is 40.4 Å². The first-order valence-corrected chi connectivity index (χ1v) is 12.3. The second-order valence-corrected chi connectivity index (χ2v) is 9.21. The van der Waals surface area contributed by atoms with Crippen LogP contribution >= 0.6 is 0 Å². The van der Waals surface area contributed by atoms with Crippen LogP contribution in [0.2, 0.25) is 0 Å². The Morgan fingerprint density at radius 2 is 1.36 bits per heavy atom. The number of hydrogen-bond donors (Lipinski definition) is 4. The molecule has 1 unspecified atom stereocenters. The number of hydrogen-bond acceptors (Lipinski definition) is 9. The van der Waals surface area contributed by atoms with Crippen molar-refractivity contribution >= 4 is 49.3 Å². The lowest BCUT2D eigenvalue weighted by atomic mass is 10.1. The summed E-state index contributed by atoms with van der Waals surface area (Å²) in [5.74, 6) is 0. The van der Waals surface area contributed by atoms with Crippen LogP contribution in [0.3, 0.4) is 0 Å². The standard InChI is InChI=1S/C25H23N5O5S/c31-16-20(32)15-26-17-6-8-19(9-7-17)28-30-25-13-12-24(29-27-18-4-2-1-3-5-18)22-11-10-21(14-23(22)25)36(33,34)35/h1-14,20,26,31-32H,15-16H2,(H,33,34,35). The van der Waals surface area contributed by atoms with Crippen molar-refractivity contribution in [3.63, 3.8) is 0 Å². The minimum Gasteiger partial charge on any atom is -0.394 e. The largest absolute Gasteiger partial charge is 0.394 e. The Bertz CT molecular complexity index is 1510. The van der Waals surface area contributed by atoms with E-state index in [1.807, 2.05) is 18.2 Å². The summed E-state index contributed by atoms with van der Waals surface area (Å²) in [4.78, 5) is -0.274. The number of azo groups is 2. The Kier molecular flexibility index (Phi) is 7.76. The van der Waals surface area contributed by atoms with Gasteiger partial charge >= 0.3 is 0 Å². The molecule has 0 aliphatic rings. The fourth-order valence-electron chi connectivity index (χ4n) is 3.29. The molecule has 4 rings (SSSR count). The van der Waals surface area contributed by atoms with Crippen LogP contribution in [0.1, 0.15) is 0 Å². The zero-order chi connectivity index (χ0) is 25.5. The van der Waals surface area contributed by atoms with Crippen LogP contribution in [0.5, 0.6) is 0 Å². The van der Waals surface area contributed by atoms with Crippen molar-refractivity contribution in [1.82, 2.24) is 0 Å². The molecule has 4 N–H and O–H groups in total. The molecule has 0 aliphatic heterocycles. The van der Waals surface area contributed by atoms with Crippen molar-refractivity contribution in [2.45, 2.75) is 11.0 Å². The summed E-state index contributed by atoms with van der Waals surface area (Å²) < 4.78 is 33.0. The molecular formula is C25H23N5O5S. The highest BCUT2D eigenvalue weighted by Crippen LogP contribution is 2.36. The highest BCUT2D eigenvalue weighted by atomic mass is 32.2. The molecule has 11 heteroatoms. The number of nitrogens with one attached hydrogen (secondary N) is 1. The van der Waals surface area contributed by atoms with E-state index >= 15 is 0 Å². The summed E-state index contributed by atoms with van der Waals surface area (Å²) >= 11 is 0. The van der Waals surface area contributed by atoms with Crippen LogP contribution in [-0.2, 0) is 10.1 Å². The summed E-state index contributed by atoms with van der Waals surface area (Å²) in [5.41, 5.74) is 2.80. The van der Waals surface area contributed by atoms with Crippen molar-refractivity contribution < 1.29 is 23.2 Å². The maximum atomic E-state index is 11.7. The van der Waals surface area contributed by atoms with Crippen molar-refractivity contribution in [2.24, 2.45) is 20.5 Å². The van der Waals surface area contributed by atoms with E-state index < -0.39 is 16.2 Å². The highest BCUT2D eigenvalue weighted by Gasteiger charge is 2.14. The Labute approximate surface area is 207 Å². The third kappa shape index (κ3) is 6.34. The zero-order valence-corrected chi connectivity index (χ0v) is 19.7.